The molecule has 1 atom stereocenters. The Kier molecular flexibility index (Phi) is 4.13. The number of piperidine rings is 1. The Balaban J connectivity index is 1.46. The van der Waals surface area contributed by atoms with Gasteiger partial charge >= 0.3 is 0 Å². The molecule has 1 saturated carbocycles. The van der Waals surface area contributed by atoms with Gasteiger partial charge in [0.05, 0.1) is 5.41 Å². The fourth-order valence-electron chi connectivity index (χ4n) is 4.50. The molecule has 1 spiro atoms. The summed E-state index contributed by atoms with van der Waals surface area (Å²) in [4.78, 5) is 33.7. The van der Waals surface area contributed by atoms with Crippen molar-refractivity contribution < 1.29 is 9.59 Å². The Morgan fingerprint density at radius 2 is 2.12 bits per heavy atom. The lowest BCUT2D eigenvalue weighted by molar-refractivity contribution is -0.146. The molecule has 1 aromatic heterocycles. The van der Waals surface area contributed by atoms with Crippen LogP contribution in [0.5, 0.6) is 0 Å². The van der Waals surface area contributed by atoms with E-state index in [1.54, 1.807) is 18.3 Å². The number of hydrogen-bond donors (Lipinski definition) is 1. The van der Waals surface area contributed by atoms with Gasteiger partial charge in [0.1, 0.15) is 5.82 Å². The second-order valence-corrected chi connectivity index (χ2v) is 7.88. The molecule has 25 heavy (non-hydrogen) atoms. The van der Waals surface area contributed by atoms with Crippen molar-refractivity contribution in [2.24, 2.45) is 11.3 Å². The molecule has 3 aliphatic rings. The molecule has 3 fully saturated rings. The molecule has 0 radical (unpaired) electrons. The first-order valence-electron chi connectivity index (χ1n) is 9.38. The number of carbonyl (C=O) groups excluding carboxylic acids is 2. The van der Waals surface area contributed by atoms with Crippen LogP contribution in [0.1, 0.15) is 48.9 Å². The van der Waals surface area contributed by atoms with Crippen molar-refractivity contribution in [1.29, 1.82) is 0 Å². The van der Waals surface area contributed by atoms with E-state index in [0.29, 0.717) is 30.4 Å². The van der Waals surface area contributed by atoms with Crippen molar-refractivity contribution in [2.75, 3.05) is 31.9 Å². The lowest BCUT2D eigenvalue weighted by Crippen LogP contribution is -2.52. The summed E-state index contributed by atoms with van der Waals surface area (Å²) in [5, 5.41) is 0. The van der Waals surface area contributed by atoms with E-state index in [9.17, 15) is 9.59 Å². The average molecular weight is 342 g/mol. The Labute approximate surface area is 148 Å². The average Bonchev–Trinajstić information content (AvgIpc) is 2.99. The molecule has 4 rings (SSSR count). The normalized spacial score (nSPS) is 27.0. The van der Waals surface area contributed by atoms with E-state index in [1.165, 1.54) is 19.3 Å². The number of hydrogen-bond acceptors (Lipinski definition) is 4. The number of amides is 2. The van der Waals surface area contributed by atoms with Gasteiger partial charge in [0, 0.05) is 37.9 Å². The maximum atomic E-state index is 13.1. The quantitative estimate of drug-likeness (QED) is 0.910. The topological polar surface area (TPSA) is 79.5 Å². The monoisotopic (exact) mass is 342 g/mol. The van der Waals surface area contributed by atoms with Crippen LogP contribution in [-0.2, 0) is 4.79 Å². The van der Waals surface area contributed by atoms with Crippen LogP contribution < -0.4 is 5.73 Å². The maximum Gasteiger partial charge on any atom is 0.254 e. The van der Waals surface area contributed by atoms with E-state index in [4.69, 9.17) is 5.73 Å². The van der Waals surface area contributed by atoms with Crippen LogP contribution in [0.2, 0.25) is 0 Å². The van der Waals surface area contributed by atoms with E-state index >= 15 is 0 Å². The summed E-state index contributed by atoms with van der Waals surface area (Å²) in [6.45, 7) is 2.97. The summed E-state index contributed by atoms with van der Waals surface area (Å²) in [6.07, 6.45) is 8.09. The molecular formula is C19H26N4O2. The van der Waals surface area contributed by atoms with Crippen molar-refractivity contribution >= 4 is 17.6 Å². The van der Waals surface area contributed by atoms with E-state index in [-0.39, 0.29) is 17.2 Å². The highest BCUT2D eigenvalue weighted by atomic mass is 16.2. The van der Waals surface area contributed by atoms with Gasteiger partial charge in [0.2, 0.25) is 5.91 Å². The van der Waals surface area contributed by atoms with Crippen LogP contribution >= 0.6 is 0 Å². The minimum absolute atomic E-state index is 0.0464. The van der Waals surface area contributed by atoms with Gasteiger partial charge < -0.3 is 15.5 Å². The molecule has 0 bridgehead atoms. The highest BCUT2D eigenvalue weighted by Crippen LogP contribution is 2.41. The summed E-state index contributed by atoms with van der Waals surface area (Å²) < 4.78 is 0. The molecule has 6 nitrogen and oxygen atoms in total. The van der Waals surface area contributed by atoms with Gasteiger partial charge in [-0.25, -0.2) is 4.98 Å². The number of nitrogen functional groups attached to an aromatic ring is 1. The largest absolute Gasteiger partial charge is 0.384 e. The first-order chi connectivity index (χ1) is 12.1. The minimum atomic E-state index is -0.365. The molecular weight excluding hydrogens is 316 g/mol. The minimum Gasteiger partial charge on any atom is -0.384 e. The molecule has 2 amide bonds. The smallest absolute Gasteiger partial charge is 0.254 e. The predicted octanol–water partition coefficient (Wildman–Crippen LogP) is 1.92. The van der Waals surface area contributed by atoms with Gasteiger partial charge in [0.15, 0.2) is 0 Å². The van der Waals surface area contributed by atoms with Crippen molar-refractivity contribution in [2.45, 2.75) is 38.5 Å². The summed E-state index contributed by atoms with van der Waals surface area (Å²) >= 11 is 0. The molecule has 134 valence electrons. The molecule has 1 aliphatic carbocycles. The number of rotatable bonds is 3. The molecule has 6 heteroatoms. The summed E-state index contributed by atoms with van der Waals surface area (Å²) in [6, 6.07) is 3.30. The third kappa shape index (κ3) is 2.98. The zero-order chi connectivity index (χ0) is 17.4. The highest BCUT2D eigenvalue weighted by molar-refractivity contribution is 5.96. The summed E-state index contributed by atoms with van der Waals surface area (Å²) in [5.41, 5.74) is 5.88. The number of aromatic nitrogens is 1. The number of pyridine rings is 1. The summed E-state index contributed by atoms with van der Waals surface area (Å²) in [5.74, 6) is 1.27. The Morgan fingerprint density at radius 1 is 1.28 bits per heavy atom. The lowest BCUT2D eigenvalue weighted by atomic mass is 9.77. The second kappa shape index (κ2) is 6.32. The first-order valence-corrected chi connectivity index (χ1v) is 9.38. The molecule has 2 saturated heterocycles. The number of anilines is 1. The van der Waals surface area contributed by atoms with Crippen molar-refractivity contribution in [3.8, 4) is 0 Å². The molecule has 0 aromatic carbocycles. The van der Waals surface area contributed by atoms with Gasteiger partial charge in [-0.3, -0.25) is 9.59 Å². The Bertz CT molecular complexity index is 688. The van der Waals surface area contributed by atoms with Gasteiger partial charge in [-0.15, -0.1) is 0 Å². The Morgan fingerprint density at radius 3 is 2.84 bits per heavy atom. The van der Waals surface area contributed by atoms with Crippen LogP contribution in [0.4, 0.5) is 5.82 Å². The number of nitrogens with zero attached hydrogens (tertiary/aromatic N) is 3. The number of likely N-dealkylation sites (tertiary alicyclic amines) is 2. The fraction of sp³-hybridized carbons (Fsp3) is 0.632. The number of carbonyl (C=O) groups is 2. The van der Waals surface area contributed by atoms with E-state index < -0.39 is 0 Å². The molecule has 1 aromatic rings. The van der Waals surface area contributed by atoms with Crippen LogP contribution in [0, 0.1) is 11.3 Å². The van der Waals surface area contributed by atoms with Crippen LogP contribution in [0.15, 0.2) is 18.3 Å². The molecule has 2 aliphatic heterocycles. The summed E-state index contributed by atoms with van der Waals surface area (Å²) in [7, 11) is 0. The number of nitrogens with two attached hydrogens (primary N) is 1. The van der Waals surface area contributed by atoms with Crippen molar-refractivity contribution in [3.05, 3.63) is 23.9 Å². The van der Waals surface area contributed by atoms with E-state index in [2.05, 4.69) is 9.88 Å². The SMILES string of the molecule is Nc1cc(C(=O)N2CCC3(CCCN(CC4CCC4)C3=O)C2)ccn1. The lowest BCUT2D eigenvalue weighted by Gasteiger charge is -2.42. The van der Waals surface area contributed by atoms with Gasteiger partial charge in [-0.2, -0.15) is 0 Å². The van der Waals surface area contributed by atoms with Crippen LogP contribution in [-0.4, -0.2) is 52.8 Å². The van der Waals surface area contributed by atoms with E-state index in [1.807, 2.05) is 4.90 Å². The Hall–Kier alpha value is -2.11. The molecule has 3 heterocycles. The third-order valence-electron chi connectivity index (χ3n) is 6.20. The second-order valence-electron chi connectivity index (χ2n) is 7.88. The van der Waals surface area contributed by atoms with Gasteiger partial charge in [-0.1, -0.05) is 6.42 Å². The van der Waals surface area contributed by atoms with E-state index in [0.717, 1.165) is 32.4 Å². The maximum absolute atomic E-state index is 13.1. The molecule has 1 unspecified atom stereocenters. The van der Waals surface area contributed by atoms with Gasteiger partial charge in [0.25, 0.3) is 5.91 Å². The zero-order valence-electron chi connectivity index (χ0n) is 14.6. The predicted molar refractivity (Wildman–Crippen MR) is 94.8 cm³/mol. The third-order valence-corrected chi connectivity index (χ3v) is 6.20. The molecule has 2 N–H and O–H groups in total. The first kappa shape index (κ1) is 16.4. The van der Waals surface area contributed by atoms with Crippen LogP contribution in [0.3, 0.4) is 0 Å². The fourth-order valence-corrected chi connectivity index (χ4v) is 4.50. The van der Waals surface area contributed by atoms with Crippen molar-refractivity contribution in [3.63, 3.8) is 0 Å². The highest BCUT2D eigenvalue weighted by Gasteiger charge is 2.49. The zero-order valence-corrected chi connectivity index (χ0v) is 14.6. The van der Waals surface area contributed by atoms with Gasteiger partial charge in [-0.05, 0) is 50.2 Å². The van der Waals surface area contributed by atoms with Crippen LogP contribution in [0.25, 0.3) is 0 Å². The van der Waals surface area contributed by atoms with Crippen molar-refractivity contribution in [1.82, 2.24) is 14.8 Å². The standard InChI is InChI=1S/C19H26N4O2/c20-16-11-15(5-8-21-16)17(24)23-10-7-19(13-23)6-2-9-22(18(19)25)12-14-3-1-4-14/h5,8,11,14H,1-4,6-7,9-10,12-13H2,(H2,20,21).